The molecule has 0 atom stereocenters. The molecule has 5 nitrogen and oxygen atoms in total. The molecule has 2 aromatic carbocycles. The van der Waals surface area contributed by atoms with Crippen LogP contribution in [0.3, 0.4) is 0 Å². The minimum Gasteiger partial charge on any atom is -0.306 e. The maximum Gasteiger partial charge on any atom is 0.243 e. The van der Waals surface area contributed by atoms with Crippen molar-refractivity contribution in [1.29, 1.82) is 0 Å². The standard InChI is InChI=1S/C19H21FN2O3S2/c1-3-21(4-2)27(24,25)16-8-9-18-17(11-16)22(19(23)13-26-18)12-14-6-5-7-15(20)10-14/h5-11H,3-4,12-13H2,1-2H3. The summed E-state index contributed by atoms with van der Waals surface area (Å²) in [5, 5.41) is 0. The van der Waals surface area contributed by atoms with Gasteiger partial charge in [-0.05, 0) is 35.9 Å². The Morgan fingerprint density at radius 2 is 1.89 bits per heavy atom. The van der Waals surface area contributed by atoms with Crippen molar-refractivity contribution in [2.75, 3.05) is 23.7 Å². The third kappa shape index (κ3) is 4.02. The molecule has 0 saturated heterocycles. The van der Waals surface area contributed by atoms with E-state index >= 15 is 0 Å². The molecule has 144 valence electrons. The summed E-state index contributed by atoms with van der Waals surface area (Å²) in [5.41, 5.74) is 1.20. The topological polar surface area (TPSA) is 57.7 Å². The number of hydrogen-bond donors (Lipinski definition) is 0. The van der Waals surface area contributed by atoms with Crippen LogP contribution in [0, 0.1) is 5.82 Å². The number of rotatable bonds is 6. The Morgan fingerprint density at radius 1 is 1.15 bits per heavy atom. The van der Waals surface area contributed by atoms with Crippen LogP contribution < -0.4 is 4.90 Å². The predicted molar refractivity (Wildman–Crippen MR) is 105 cm³/mol. The van der Waals surface area contributed by atoms with Gasteiger partial charge in [-0.3, -0.25) is 4.79 Å². The number of sulfonamides is 1. The van der Waals surface area contributed by atoms with Crippen LogP contribution in [0.2, 0.25) is 0 Å². The fourth-order valence-corrected chi connectivity index (χ4v) is 5.44. The first kappa shape index (κ1) is 19.9. The highest BCUT2D eigenvalue weighted by Gasteiger charge is 2.29. The molecule has 2 aromatic rings. The van der Waals surface area contributed by atoms with Crippen LogP contribution in [0.1, 0.15) is 19.4 Å². The lowest BCUT2D eigenvalue weighted by molar-refractivity contribution is -0.116. The van der Waals surface area contributed by atoms with Crippen molar-refractivity contribution in [3.63, 3.8) is 0 Å². The van der Waals surface area contributed by atoms with Crippen molar-refractivity contribution in [2.45, 2.75) is 30.2 Å². The zero-order chi connectivity index (χ0) is 19.6. The van der Waals surface area contributed by atoms with Gasteiger partial charge < -0.3 is 4.90 Å². The normalized spacial score (nSPS) is 14.5. The predicted octanol–water partition coefficient (Wildman–Crippen LogP) is 3.50. The number of amides is 1. The minimum absolute atomic E-state index is 0.130. The van der Waals surface area contributed by atoms with E-state index < -0.39 is 10.0 Å². The molecule has 0 unspecified atom stereocenters. The van der Waals surface area contributed by atoms with E-state index in [1.165, 1.54) is 33.1 Å². The molecule has 27 heavy (non-hydrogen) atoms. The molecule has 0 bridgehead atoms. The molecule has 0 fully saturated rings. The lowest BCUT2D eigenvalue weighted by atomic mass is 10.2. The third-order valence-corrected chi connectivity index (χ3v) is 7.54. The summed E-state index contributed by atoms with van der Waals surface area (Å²) in [6.45, 7) is 4.51. The van der Waals surface area contributed by atoms with Crippen LogP contribution in [-0.4, -0.2) is 37.5 Å². The van der Waals surface area contributed by atoms with Gasteiger partial charge >= 0.3 is 0 Å². The van der Waals surface area contributed by atoms with Gasteiger partial charge in [0.15, 0.2) is 0 Å². The second-order valence-electron chi connectivity index (χ2n) is 6.12. The van der Waals surface area contributed by atoms with Crippen molar-refractivity contribution >= 4 is 33.4 Å². The molecule has 0 saturated carbocycles. The van der Waals surface area contributed by atoms with E-state index in [-0.39, 0.29) is 28.9 Å². The van der Waals surface area contributed by atoms with Gasteiger partial charge in [0.25, 0.3) is 0 Å². The maximum absolute atomic E-state index is 13.5. The molecule has 0 aromatic heterocycles. The van der Waals surface area contributed by atoms with Crippen LogP contribution in [0.4, 0.5) is 10.1 Å². The first-order valence-electron chi connectivity index (χ1n) is 8.68. The van der Waals surface area contributed by atoms with Gasteiger partial charge in [-0.1, -0.05) is 26.0 Å². The van der Waals surface area contributed by atoms with Crippen LogP contribution in [0.15, 0.2) is 52.3 Å². The second kappa shape index (κ2) is 8.00. The summed E-state index contributed by atoms with van der Waals surface area (Å²) < 4.78 is 40.6. The Kier molecular flexibility index (Phi) is 5.88. The first-order valence-corrected chi connectivity index (χ1v) is 11.1. The van der Waals surface area contributed by atoms with E-state index in [9.17, 15) is 17.6 Å². The molecule has 1 aliphatic heterocycles. The number of benzene rings is 2. The van der Waals surface area contributed by atoms with Gasteiger partial charge in [-0.25, -0.2) is 12.8 Å². The Balaban J connectivity index is 2.02. The van der Waals surface area contributed by atoms with Crippen LogP contribution in [0.25, 0.3) is 0 Å². The fourth-order valence-electron chi connectivity index (χ4n) is 3.05. The maximum atomic E-state index is 13.5. The lowest BCUT2D eigenvalue weighted by Gasteiger charge is -2.30. The van der Waals surface area contributed by atoms with E-state index in [0.717, 1.165) is 4.90 Å². The Hall–Kier alpha value is -1.90. The zero-order valence-corrected chi connectivity index (χ0v) is 16.8. The monoisotopic (exact) mass is 408 g/mol. The fraction of sp³-hybridized carbons (Fsp3) is 0.316. The van der Waals surface area contributed by atoms with Crippen molar-refractivity contribution in [1.82, 2.24) is 4.31 Å². The first-order chi connectivity index (χ1) is 12.9. The SMILES string of the molecule is CCN(CC)S(=O)(=O)c1ccc2c(c1)N(Cc1cccc(F)c1)C(=O)CS2. The number of halogens is 1. The molecule has 3 rings (SSSR count). The largest absolute Gasteiger partial charge is 0.306 e. The zero-order valence-electron chi connectivity index (χ0n) is 15.2. The molecule has 1 heterocycles. The highest BCUT2D eigenvalue weighted by Crippen LogP contribution is 2.38. The van der Waals surface area contributed by atoms with Gasteiger partial charge in [0, 0.05) is 18.0 Å². The van der Waals surface area contributed by atoms with Crippen molar-refractivity contribution in [2.24, 2.45) is 0 Å². The lowest BCUT2D eigenvalue weighted by Crippen LogP contribution is -2.35. The van der Waals surface area contributed by atoms with E-state index in [0.29, 0.717) is 24.3 Å². The number of carbonyl (C=O) groups excluding carboxylic acids is 1. The number of fused-ring (bicyclic) bond motifs is 1. The Labute approximate surface area is 163 Å². The molecule has 1 aliphatic rings. The summed E-state index contributed by atoms with van der Waals surface area (Å²) in [7, 11) is -3.63. The number of nitrogens with zero attached hydrogens (tertiary/aromatic N) is 2. The molecule has 0 aliphatic carbocycles. The molecule has 0 radical (unpaired) electrons. The summed E-state index contributed by atoms with van der Waals surface area (Å²) in [4.78, 5) is 15.0. The number of thioether (sulfide) groups is 1. The molecular weight excluding hydrogens is 387 g/mol. The van der Waals surface area contributed by atoms with E-state index in [2.05, 4.69) is 0 Å². The summed E-state index contributed by atoms with van der Waals surface area (Å²) in [5.74, 6) is -0.233. The highest BCUT2D eigenvalue weighted by atomic mass is 32.2. The quantitative estimate of drug-likeness (QED) is 0.734. The van der Waals surface area contributed by atoms with Gasteiger partial charge in [-0.15, -0.1) is 11.8 Å². The van der Waals surface area contributed by atoms with Gasteiger partial charge in [-0.2, -0.15) is 4.31 Å². The Bertz CT molecular complexity index is 959. The minimum atomic E-state index is -3.63. The Morgan fingerprint density at radius 3 is 2.56 bits per heavy atom. The van der Waals surface area contributed by atoms with Crippen molar-refractivity contribution in [3.8, 4) is 0 Å². The van der Waals surface area contributed by atoms with Gasteiger partial charge in [0.2, 0.25) is 15.9 Å². The molecular formula is C19H21FN2O3S2. The van der Waals surface area contributed by atoms with Gasteiger partial charge in [0.05, 0.1) is 22.9 Å². The molecule has 8 heteroatoms. The second-order valence-corrected chi connectivity index (χ2v) is 9.07. The smallest absolute Gasteiger partial charge is 0.243 e. The summed E-state index contributed by atoms with van der Waals surface area (Å²) >= 11 is 1.38. The van der Waals surface area contributed by atoms with Crippen molar-refractivity contribution < 1.29 is 17.6 Å². The molecule has 0 spiro atoms. The van der Waals surface area contributed by atoms with Crippen molar-refractivity contribution in [3.05, 3.63) is 53.8 Å². The summed E-state index contributed by atoms with van der Waals surface area (Å²) in [6.07, 6.45) is 0. The van der Waals surface area contributed by atoms with Crippen LogP contribution >= 0.6 is 11.8 Å². The average Bonchev–Trinajstić information content (AvgIpc) is 2.64. The van der Waals surface area contributed by atoms with Gasteiger partial charge in [0.1, 0.15) is 5.82 Å². The van der Waals surface area contributed by atoms with Crippen LogP contribution in [-0.2, 0) is 21.4 Å². The number of hydrogen-bond acceptors (Lipinski definition) is 4. The van der Waals surface area contributed by atoms with Crippen LogP contribution in [0.5, 0.6) is 0 Å². The highest BCUT2D eigenvalue weighted by molar-refractivity contribution is 8.00. The number of anilines is 1. The van der Waals surface area contributed by atoms with E-state index in [1.807, 2.05) is 0 Å². The summed E-state index contributed by atoms with van der Waals surface area (Å²) in [6, 6.07) is 10.9. The molecule has 1 amide bonds. The molecule has 0 N–H and O–H groups in total. The van der Waals surface area contributed by atoms with E-state index in [1.54, 1.807) is 44.2 Å². The van der Waals surface area contributed by atoms with E-state index in [4.69, 9.17) is 0 Å². The third-order valence-electron chi connectivity index (χ3n) is 4.45. The average molecular weight is 409 g/mol. The number of carbonyl (C=O) groups is 1.